The minimum absolute atomic E-state index is 0.0514. The largest absolute Gasteiger partial charge is 0.417 e. The zero-order valence-corrected chi connectivity index (χ0v) is 16.1. The molecule has 0 saturated carbocycles. The van der Waals surface area contributed by atoms with Crippen molar-refractivity contribution in [3.05, 3.63) is 52.5 Å². The molecule has 4 rings (SSSR count). The van der Waals surface area contributed by atoms with Gasteiger partial charge in [0.15, 0.2) is 5.69 Å². The highest BCUT2D eigenvalue weighted by molar-refractivity contribution is 5.99. The van der Waals surface area contributed by atoms with Crippen LogP contribution in [0.2, 0.25) is 0 Å². The summed E-state index contributed by atoms with van der Waals surface area (Å²) in [6.45, 7) is 0.439. The summed E-state index contributed by atoms with van der Waals surface area (Å²) in [5, 5.41) is 7.81. The van der Waals surface area contributed by atoms with Crippen molar-refractivity contribution >= 4 is 22.7 Å². The van der Waals surface area contributed by atoms with Crippen LogP contribution >= 0.6 is 0 Å². The number of hydrogen-bond donors (Lipinski definition) is 2. The van der Waals surface area contributed by atoms with E-state index < -0.39 is 23.6 Å². The molecule has 0 unspecified atom stereocenters. The molecule has 1 aliphatic heterocycles. The molecule has 8 nitrogen and oxygen atoms in total. The van der Waals surface area contributed by atoms with Crippen LogP contribution in [0.1, 0.15) is 37.8 Å². The molecule has 2 amide bonds. The maximum atomic E-state index is 13.3. The number of alkyl halides is 3. The van der Waals surface area contributed by atoms with E-state index in [1.165, 1.54) is 37.3 Å². The van der Waals surface area contributed by atoms with Gasteiger partial charge in [-0.2, -0.15) is 18.3 Å². The number of fused-ring (bicyclic) bond motifs is 2. The second-order valence-corrected chi connectivity index (χ2v) is 6.94. The number of halogens is 3. The number of nitrogens with zero attached hydrogens (tertiary/aromatic N) is 3. The average Bonchev–Trinajstić information content (AvgIpc) is 3.34. The zero-order chi connectivity index (χ0) is 21.6. The van der Waals surface area contributed by atoms with E-state index in [0.29, 0.717) is 18.5 Å². The highest BCUT2D eigenvalue weighted by Crippen LogP contribution is 2.35. The molecule has 3 heterocycles. The number of benzene rings is 1. The Morgan fingerprint density at radius 2 is 2.07 bits per heavy atom. The summed E-state index contributed by atoms with van der Waals surface area (Å²) < 4.78 is 39.8. The third-order valence-corrected chi connectivity index (χ3v) is 5.18. The number of aromatic nitrogens is 3. The molecule has 0 spiro atoms. The van der Waals surface area contributed by atoms with Crippen LogP contribution in [0.3, 0.4) is 0 Å². The van der Waals surface area contributed by atoms with Crippen molar-refractivity contribution in [2.75, 3.05) is 20.7 Å². The Kier molecular flexibility index (Phi) is 4.77. The molecule has 30 heavy (non-hydrogen) atoms. The number of rotatable bonds is 3. The van der Waals surface area contributed by atoms with Crippen LogP contribution in [-0.2, 0) is 24.0 Å². The number of hydrogen-bond acceptors (Lipinski definition) is 4. The van der Waals surface area contributed by atoms with E-state index in [1.807, 2.05) is 0 Å². The minimum Gasteiger partial charge on any atom is -0.351 e. The van der Waals surface area contributed by atoms with Crippen molar-refractivity contribution in [3.8, 4) is 0 Å². The predicted molar refractivity (Wildman–Crippen MR) is 99.4 cm³/mol. The first kappa shape index (κ1) is 20.0. The third-order valence-electron chi connectivity index (χ3n) is 5.18. The normalized spacial score (nSPS) is 14.1. The SMILES string of the molecule is CON(C)C(=O)c1n[nH]c2c1CN(C(=O)c1cc3c(C(F)(F)F)cccc3[nH]1)CC2. The third kappa shape index (κ3) is 3.30. The summed E-state index contributed by atoms with van der Waals surface area (Å²) in [6, 6.07) is 4.98. The topological polar surface area (TPSA) is 94.3 Å². The fourth-order valence-corrected chi connectivity index (χ4v) is 3.57. The van der Waals surface area contributed by atoms with Crippen LogP contribution in [-0.4, -0.2) is 57.7 Å². The van der Waals surface area contributed by atoms with Gasteiger partial charge >= 0.3 is 6.18 Å². The van der Waals surface area contributed by atoms with Crippen molar-refractivity contribution < 1.29 is 27.6 Å². The van der Waals surface area contributed by atoms with E-state index in [0.717, 1.165) is 16.8 Å². The van der Waals surface area contributed by atoms with Crippen LogP contribution in [0.4, 0.5) is 13.2 Å². The molecular formula is C19H18F3N5O3. The molecule has 2 aromatic heterocycles. The molecule has 0 atom stereocenters. The Morgan fingerprint density at radius 1 is 1.30 bits per heavy atom. The smallest absolute Gasteiger partial charge is 0.351 e. The Morgan fingerprint density at radius 3 is 2.77 bits per heavy atom. The van der Waals surface area contributed by atoms with E-state index >= 15 is 0 Å². The van der Waals surface area contributed by atoms with E-state index in [2.05, 4.69) is 15.2 Å². The quantitative estimate of drug-likeness (QED) is 0.636. The van der Waals surface area contributed by atoms with Gasteiger partial charge in [-0.25, -0.2) is 5.06 Å². The molecule has 0 bridgehead atoms. The average molecular weight is 421 g/mol. The van der Waals surface area contributed by atoms with Gasteiger partial charge in [0.05, 0.1) is 19.2 Å². The van der Waals surface area contributed by atoms with Gasteiger partial charge in [-0.05, 0) is 18.2 Å². The predicted octanol–water partition coefficient (Wildman–Crippen LogP) is 2.74. The highest BCUT2D eigenvalue weighted by Gasteiger charge is 2.34. The number of nitrogens with one attached hydrogen (secondary N) is 2. The van der Waals surface area contributed by atoms with Crippen LogP contribution in [0.25, 0.3) is 10.9 Å². The highest BCUT2D eigenvalue weighted by atomic mass is 19.4. The number of carbonyl (C=O) groups excluding carboxylic acids is 2. The fraction of sp³-hybridized carbons (Fsp3) is 0.316. The monoisotopic (exact) mass is 421 g/mol. The molecule has 11 heteroatoms. The van der Waals surface area contributed by atoms with E-state index in [-0.39, 0.29) is 28.8 Å². The molecule has 3 aromatic rings. The maximum Gasteiger partial charge on any atom is 0.417 e. The van der Waals surface area contributed by atoms with E-state index in [9.17, 15) is 22.8 Å². The Balaban J connectivity index is 1.64. The van der Waals surface area contributed by atoms with Gasteiger partial charge in [0.1, 0.15) is 5.69 Å². The van der Waals surface area contributed by atoms with Gasteiger partial charge in [0.2, 0.25) is 0 Å². The van der Waals surface area contributed by atoms with Gasteiger partial charge in [0, 0.05) is 42.2 Å². The summed E-state index contributed by atoms with van der Waals surface area (Å²) >= 11 is 0. The molecular weight excluding hydrogens is 403 g/mol. The molecule has 0 fully saturated rings. The molecule has 0 saturated heterocycles. The van der Waals surface area contributed by atoms with Crippen molar-refractivity contribution in [1.82, 2.24) is 25.1 Å². The first-order chi connectivity index (χ1) is 14.2. The number of amides is 2. The number of H-pyrrole nitrogens is 2. The minimum atomic E-state index is -4.53. The first-order valence-electron chi connectivity index (χ1n) is 9.07. The molecule has 0 radical (unpaired) electrons. The standard InChI is InChI=1S/C19H18F3N5O3/c1-26(30-2)18(29)16-11-9-27(7-6-14(11)24-25-16)17(28)15-8-10-12(19(20,21)22)4-3-5-13(10)23-15/h3-5,8,23H,6-7,9H2,1-2H3,(H,24,25). The zero-order valence-electron chi connectivity index (χ0n) is 16.1. The van der Waals surface area contributed by atoms with Crippen LogP contribution in [0.5, 0.6) is 0 Å². The van der Waals surface area contributed by atoms with Crippen molar-refractivity contribution in [3.63, 3.8) is 0 Å². The summed E-state index contributed by atoms with van der Waals surface area (Å²) in [5.74, 6) is -0.922. The number of aromatic amines is 2. The number of hydroxylamine groups is 2. The van der Waals surface area contributed by atoms with E-state index in [1.54, 1.807) is 0 Å². The van der Waals surface area contributed by atoms with Gasteiger partial charge in [0.25, 0.3) is 11.8 Å². The van der Waals surface area contributed by atoms with Gasteiger partial charge in [-0.15, -0.1) is 0 Å². The summed E-state index contributed by atoms with van der Waals surface area (Å²) in [7, 11) is 2.79. The van der Waals surface area contributed by atoms with Crippen molar-refractivity contribution in [1.29, 1.82) is 0 Å². The Hall–Kier alpha value is -3.34. The lowest BCUT2D eigenvalue weighted by Crippen LogP contribution is -2.37. The van der Waals surface area contributed by atoms with Crippen LogP contribution in [0.15, 0.2) is 24.3 Å². The first-order valence-corrected chi connectivity index (χ1v) is 9.07. The second kappa shape index (κ2) is 7.17. The van der Waals surface area contributed by atoms with Gasteiger partial charge in [-0.1, -0.05) is 6.07 Å². The van der Waals surface area contributed by atoms with Gasteiger partial charge < -0.3 is 9.88 Å². The lowest BCUT2D eigenvalue weighted by Gasteiger charge is -2.27. The lowest BCUT2D eigenvalue weighted by atomic mass is 10.0. The Bertz CT molecular complexity index is 1130. The van der Waals surface area contributed by atoms with Crippen molar-refractivity contribution in [2.45, 2.75) is 19.1 Å². The molecule has 1 aromatic carbocycles. The van der Waals surface area contributed by atoms with E-state index in [4.69, 9.17) is 4.84 Å². The van der Waals surface area contributed by atoms with Gasteiger partial charge in [-0.3, -0.25) is 19.5 Å². The van der Waals surface area contributed by atoms with Crippen LogP contribution in [0, 0.1) is 0 Å². The second-order valence-electron chi connectivity index (χ2n) is 6.94. The Labute approximate surface area is 168 Å². The summed E-state index contributed by atoms with van der Waals surface area (Å²) in [5.41, 5.74) is 0.921. The van der Waals surface area contributed by atoms with Crippen molar-refractivity contribution in [2.24, 2.45) is 0 Å². The molecule has 2 N–H and O–H groups in total. The summed E-state index contributed by atoms with van der Waals surface area (Å²) in [6.07, 6.45) is -4.09. The fourth-order valence-electron chi connectivity index (χ4n) is 3.57. The molecule has 1 aliphatic rings. The number of carbonyl (C=O) groups is 2. The molecule has 158 valence electrons. The summed E-state index contributed by atoms with van der Waals surface area (Å²) in [4.78, 5) is 34.5. The maximum absolute atomic E-state index is 13.3. The molecule has 0 aliphatic carbocycles. The lowest BCUT2D eigenvalue weighted by molar-refractivity contribution is -0.136. The van der Waals surface area contributed by atoms with Crippen LogP contribution < -0.4 is 0 Å².